The number of phenols is 26. The van der Waals surface area contributed by atoms with Gasteiger partial charge in [-0.25, -0.2) is 43.2 Å². The number of fused-ring (bicyclic) bond motifs is 18. The smallest absolute Gasteiger partial charge is 0.344 e. The maximum absolute atomic E-state index is 15.4. The average molecular weight is 1720 g/mol. The number of carbonyl (C=O) groups excluding carboxylic acids is 9. The van der Waals surface area contributed by atoms with Crippen molar-refractivity contribution in [3.05, 3.63) is 105 Å². The highest BCUT2D eigenvalue weighted by Crippen LogP contribution is 2.61. The molecule has 0 aromatic heterocycles. The van der Waals surface area contributed by atoms with Gasteiger partial charge in [-0.15, -0.1) is 0 Å². The number of aromatic hydroxyl groups is 26. The fourth-order valence-corrected chi connectivity index (χ4v) is 14.2. The van der Waals surface area contributed by atoms with E-state index >= 15 is 14.4 Å². The van der Waals surface area contributed by atoms with Gasteiger partial charge in [0, 0.05) is 56.6 Å². The van der Waals surface area contributed by atoms with E-state index in [1.54, 1.807) is 0 Å². The Bertz CT molecular complexity index is 6300. The molecule has 15 rings (SSSR count). The lowest BCUT2D eigenvalue weighted by Crippen LogP contribution is -2.63. The van der Waals surface area contributed by atoms with Gasteiger partial charge < -0.3 is 195 Å². The fraction of sp³-hybridized carbons (Fsp3) is 0.160. The van der Waals surface area contributed by atoms with Crippen molar-refractivity contribution in [1.29, 1.82) is 0 Å². The van der Waals surface area contributed by atoms with Crippen molar-refractivity contribution in [2.24, 2.45) is 0 Å². The molecule has 6 heterocycles. The number of phenolic OH excluding ortho intramolecular Hbond substituents is 26. The molecular weight excluding hydrogens is 1670 g/mol. The van der Waals surface area contributed by atoms with Crippen LogP contribution in [0, 0.1) is 0 Å². The number of esters is 9. The maximum atomic E-state index is 15.4. The number of aliphatic hydroxyl groups excluding tert-OH is 1. The molecule has 123 heavy (non-hydrogen) atoms. The molecule has 9 aromatic rings. The predicted molar refractivity (Wildman–Crippen MR) is 378 cm³/mol. The number of aliphatic hydroxyl groups is 1. The van der Waals surface area contributed by atoms with Crippen LogP contribution in [-0.2, 0) is 52.1 Å². The average Bonchev–Trinajstić information content (AvgIpc) is 1.43. The summed E-state index contributed by atoms with van der Waals surface area (Å²) in [6, 6.07) is 2.42. The second-order valence-corrected chi connectivity index (χ2v) is 27.1. The first-order chi connectivity index (χ1) is 57.9. The van der Waals surface area contributed by atoms with Crippen molar-refractivity contribution in [3.8, 4) is 205 Å². The van der Waals surface area contributed by atoms with Crippen LogP contribution in [0.2, 0.25) is 0 Å². The van der Waals surface area contributed by atoms with Gasteiger partial charge in [-0.05, 0) is 42.5 Å². The van der Waals surface area contributed by atoms with Gasteiger partial charge >= 0.3 is 53.7 Å². The molecule has 6 aliphatic rings. The number of carbonyl (C=O) groups is 9. The zero-order valence-electron chi connectivity index (χ0n) is 60.0. The fourth-order valence-electron chi connectivity index (χ4n) is 14.2. The van der Waals surface area contributed by atoms with Gasteiger partial charge in [-0.3, -0.25) is 0 Å². The molecule has 10 atom stereocenters. The van der Waals surface area contributed by atoms with Gasteiger partial charge in [0.25, 0.3) is 0 Å². The van der Waals surface area contributed by atoms with Gasteiger partial charge in [0.2, 0.25) is 69.9 Å². The molecule has 6 aliphatic heterocycles. The van der Waals surface area contributed by atoms with Crippen LogP contribution in [0.1, 0.15) is 93.2 Å². The first-order valence-electron chi connectivity index (χ1n) is 34.3. The molecule has 0 radical (unpaired) electrons. The van der Waals surface area contributed by atoms with E-state index in [4.69, 9.17) is 56.8 Å². The van der Waals surface area contributed by atoms with E-state index in [1.807, 2.05) is 0 Å². The van der Waals surface area contributed by atoms with Gasteiger partial charge in [-0.2, -0.15) is 0 Å². The Balaban J connectivity index is 0.842. The van der Waals surface area contributed by atoms with Crippen LogP contribution in [0.15, 0.2) is 54.6 Å². The molecule has 0 aliphatic carbocycles. The normalized spacial score (nSPS) is 21.0. The Labute approximate surface area is 674 Å². The van der Waals surface area contributed by atoms with E-state index < -0.39 is 384 Å². The standard InChI is InChI=1S/C75H50O48/c76-21-1-12-32(49(93)40(21)84)33-13(2-22(77)41(85)50(33)94)68(105)118-60-31(11-113-65(12)102)116-75(64-62(60)120-70(107)16-5-25(80)43(87)52(96)35(16)37-18(72(109)122-64)7-27(82)45(89)54(37)98)123-73(110)20-8-28(83)47(91)57(101)58(20)114-29-9-19-39(56(100)48(29)92)38-14(3-23(78)46(90)55(38)99)67(104)117-59-30(10-112-66(19)103)115-74(111)63-61(59)119-69(106)15-4-24(79)42(86)51(95)34(15)36-17(71(108)121-63)6-26(81)44(88)53(36)97/h1-9,30-31,59-64,74-101,111H,10-11H2/t30-,31-,59-,60-,61+,62+,63-,64-,74-,75+/m1/s1. The monoisotopic (exact) mass is 1720 g/mol. The van der Waals surface area contributed by atoms with Crippen LogP contribution < -0.4 is 4.74 Å². The topological polar surface area (TPSA) is 811 Å². The molecule has 0 saturated carbocycles. The Kier molecular flexibility index (Phi) is 18.9. The second kappa shape index (κ2) is 28.8. The predicted octanol–water partition coefficient (Wildman–Crippen LogP) is 2.71. The molecule has 2 saturated heterocycles. The van der Waals surface area contributed by atoms with Crippen LogP contribution in [0.5, 0.6) is 161 Å². The Morgan fingerprint density at radius 1 is 0.268 bits per heavy atom. The highest BCUT2D eigenvalue weighted by molar-refractivity contribution is 6.13. The summed E-state index contributed by atoms with van der Waals surface area (Å²) in [7, 11) is 0. The molecule has 0 amide bonds. The van der Waals surface area contributed by atoms with E-state index in [2.05, 4.69) is 0 Å². The zero-order chi connectivity index (χ0) is 89.2. The largest absolute Gasteiger partial charge is 0.504 e. The number of benzene rings is 9. The Hall–Kier alpha value is -17.3. The van der Waals surface area contributed by atoms with E-state index in [-0.39, 0.29) is 36.4 Å². The van der Waals surface area contributed by atoms with Gasteiger partial charge in [-0.1, -0.05) is 0 Å². The molecule has 9 aromatic carbocycles. The first kappa shape index (κ1) is 80.9. The van der Waals surface area contributed by atoms with Crippen molar-refractivity contribution >= 4 is 53.7 Å². The summed E-state index contributed by atoms with van der Waals surface area (Å²) in [5.74, 6) is -61.7. The third-order valence-corrected chi connectivity index (χ3v) is 20.1. The lowest BCUT2D eigenvalue weighted by atomic mass is 9.91. The number of rotatable bonds is 4. The van der Waals surface area contributed by atoms with E-state index in [9.17, 15) is 167 Å². The number of hydrogen-bond donors (Lipinski definition) is 27. The minimum atomic E-state index is -3.07. The molecule has 48 nitrogen and oxygen atoms in total. The minimum absolute atomic E-state index is 0.116. The summed E-state index contributed by atoms with van der Waals surface area (Å²) in [6.45, 7) is -3.05. The van der Waals surface area contributed by atoms with Crippen molar-refractivity contribution in [1.82, 2.24) is 0 Å². The number of hydrogen-bond acceptors (Lipinski definition) is 48. The highest BCUT2D eigenvalue weighted by atomic mass is 16.8. The van der Waals surface area contributed by atoms with Crippen molar-refractivity contribution in [2.45, 2.75) is 61.4 Å². The highest BCUT2D eigenvalue weighted by Gasteiger charge is 2.58. The number of ether oxygens (including phenoxy) is 12. The summed E-state index contributed by atoms with van der Waals surface area (Å²) in [5, 5.41) is 301. The van der Waals surface area contributed by atoms with Crippen molar-refractivity contribution < 1.29 is 238 Å². The van der Waals surface area contributed by atoms with Crippen LogP contribution in [-0.4, -0.2) is 266 Å². The first-order valence-corrected chi connectivity index (χ1v) is 34.3. The second-order valence-electron chi connectivity index (χ2n) is 27.1. The van der Waals surface area contributed by atoms with E-state index in [0.717, 1.165) is 0 Å². The third-order valence-electron chi connectivity index (χ3n) is 20.1. The van der Waals surface area contributed by atoms with Crippen molar-refractivity contribution in [2.75, 3.05) is 13.2 Å². The summed E-state index contributed by atoms with van der Waals surface area (Å²) < 4.78 is 68.1. The lowest BCUT2D eigenvalue weighted by molar-refractivity contribution is -0.284. The molecular formula is C75H50O48. The maximum Gasteiger partial charge on any atom is 0.344 e. The summed E-state index contributed by atoms with van der Waals surface area (Å²) in [6.07, 6.45) is -27.1. The van der Waals surface area contributed by atoms with Crippen molar-refractivity contribution in [3.63, 3.8) is 0 Å². The van der Waals surface area contributed by atoms with E-state index in [1.165, 1.54) is 0 Å². The SMILES string of the molecule is O=C(O[C@@H]1O[C@@H]2COC(=O)c3cc(O)c(O)c(O)c3-c3c(cc(O)c(O)c3O)C(=O)O[C@H]2[C@@H]2OC(=O)c3cc(O)c(O)c(O)c3-c3c(cc(O)c(O)c3O)C(=O)O[C@@H]12)c1cc(O)c(O)c(O)c1Oc1cc2c(c(O)c1O)-c1c(cc(O)c(O)c1O)C(=O)O[C@H]1[C@@H]3OC(=O)c4cc(O)c(O)c(O)c4-c4c(cc(O)c(O)c4O)C(=O)O[C@H]3[C@H](O)O[C@@H]1COC2=O. The van der Waals surface area contributed by atoms with E-state index in [0.29, 0.717) is 18.2 Å². The van der Waals surface area contributed by atoms with Crippen LogP contribution in [0.25, 0.3) is 44.5 Å². The van der Waals surface area contributed by atoms with Gasteiger partial charge in [0.05, 0.1) is 44.5 Å². The molecule has 2 fully saturated rings. The number of cyclic esters (lactones) is 2. The van der Waals surface area contributed by atoms with Crippen LogP contribution in [0.3, 0.4) is 0 Å². The molecule has 27 N–H and O–H groups in total. The minimum Gasteiger partial charge on any atom is -0.504 e. The Morgan fingerprint density at radius 2 is 0.512 bits per heavy atom. The third kappa shape index (κ3) is 12.5. The van der Waals surface area contributed by atoms with Crippen LogP contribution in [0.4, 0.5) is 0 Å². The lowest BCUT2D eigenvalue weighted by Gasteiger charge is -2.44. The van der Waals surface area contributed by atoms with Gasteiger partial charge in [0.15, 0.2) is 140 Å². The Morgan fingerprint density at radius 3 is 0.837 bits per heavy atom. The molecule has 0 unspecified atom stereocenters. The molecule has 0 bridgehead atoms. The molecule has 638 valence electrons. The summed E-state index contributed by atoms with van der Waals surface area (Å²) in [5.41, 5.74) is -21.9. The molecule has 48 heteroatoms. The quantitative estimate of drug-likeness (QED) is 0.0684. The molecule has 0 spiro atoms. The van der Waals surface area contributed by atoms with Crippen LogP contribution >= 0.6 is 0 Å². The zero-order valence-corrected chi connectivity index (χ0v) is 60.0. The van der Waals surface area contributed by atoms with Gasteiger partial charge in [0.1, 0.15) is 31.0 Å². The summed E-state index contributed by atoms with van der Waals surface area (Å²) in [4.78, 5) is 134. The summed E-state index contributed by atoms with van der Waals surface area (Å²) >= 11 is 0.